The summed E-state index contributed by atoms with van der Waals surface area (Å²) in [7, 11) is -3.31. The van der Waals surface area contributed by atoms with Crippen LogP contribution in [0.25, 0.3) is 0 Å². The molecule has 2 unspecified atom stereocenters. The van der Waals surface area contributed by atoms with Crippen molar-refractivity contribution in [3.63, 3.8) is 0 Å². The summed E-state index contributed by atoms with van der Waals surface area (Å²) in [5.41, 5.74) is 5.53. The van der Waals surface area contributed by atoms with Crippen molar-refractivity contribution in [2.75, 3.05) is 19.3 Å². The fourth-order valence-electron chi connectivity index (χ4n) is 2.20. The predicted octanol–water partition coefficient (Wildman–Crippen LogP) is 0.149. The first-order valence-electron chi connectivity index (χ1n) is 6.07. The first-order valence-corrected chi connectivity index (χ1v) is 8.02. The summed E-state index contributed by atoms with van der Waals surface area (Å²) in [6.45, 7) is 2.65. The van der Waals surface area contributed by atoms with Crippen LogP contribution in [0.3, 0.4) is 0 Å². The molecular formula is C11H22N2O3S. The van der Waals surface area contributed by atoms with E-state index in [1.54, 1.807) is 4.90 Å². The Labute approximate surface area is 103 Å². The van der Waals surface area contributed by atoms with Gasteiger partial charge in [-0.1, -0.05) is 0 Å². The molecule has 0 aromatic heterocycles. The monoisotopic (exact) mass is 262 g/mol. The Bertz CT molecular complexity index is 365. The maximum Gasteiger partial charge on any atom is 0.240 e. The number of likely N-dealkylation sites (tertiary alicyclic amines) is 1. The highest BCUT2D eigenvalue weighted by Gasteiger charge is 2.33. The Morgan fingerprint density at radius 2 is 2.12 bits per heavy atom. The smallest absolute Gasteiger partial charge is 0.240 e. The number of hydrogen-bond donors (Lipinski definition) is 1. The van der Waals surface area contributed by atoms with Crippen molar-refractivity contribution < 1.29 is 13.2 Å². The molecule has 1 fully saturated rings. The van der Waals surface area contributed by atoms with Crippen molar-refractivity contribution in [1.29, 1.82) is 0 Å². The summed E-state index contributed by atoms with van der Waals surface area (Å²) >= 11 is 0. The molecule has 0 bridgehead atoms. The molecule has 100 valence electrons. The molecule has 1 heterocycles. The number of rotatable bonds is 4. The van der Waals surface area contributed by atoms with Gasteiger partial charge in [0.25, 0.3) is 0 Å². The lowest BCUT2D eigenvalue weighted by Crippen LogP contribution is -2.49. The molecule has 0 radical (unpaired) electrons. The molecular weight excluding hydrogens is 240 g/mol. The van der Waals surface area contributed by atoms with Crippen LogP contribution in [0.4, 0.5) is 0 Å². The Morgan fingerprint density at radius 1 is 1.47 bits per heavy atom. The molecule has 5 nitrogen and oxygen atoms in total. The average molecular weight is 262 g/mol. The van der Waals surface area contributed by atoms with Crippen LogP contribution in [0.5, 0.6) is 0 Å². The second-order valence-corrected chi connectivity index (χ2v) is 7.10. The second kappa shape index (κ2) is 5.82. The highest BCUT2D eigenvalue weighted by molar-refractivity contribution is 7.92. The van der Waals surface area contributed by atoms with Gasteiger partial charge in [0.15, 0.2) is 9.84 Å². The maximum atomic E-state index is 12.1. The van der Waals surface area contributed by atoms with E-state index in [1.807, 2.05) is 0 Å². The van der Waals surface area contributed by atoms with Crippen LogP contribution in [0.2, 0.25) is 0 Å². The minimum absolute atomic E-state index is 0.116. The molecule has 1 aliphatic rings. The van der Waals surface area contributed by atoms with Gasteiger partial charge in [0, 0.05) is 18.8 Å². The number of piperidine rings is 1. The summed E-state index contributed by atoms with van der Waals surface area (Å²) < 4.78 is 22.8. The van der Waals surface area contributed by atoms with Gasteiger partial charge in [-0.3, -0.25) is 4.79 Å². The summed E-state index contributed by atoms with van der Waals surface area (Å²) in [6, 6.07) is 0.116. The van der Waals surface area contributed by atoms with Crippen molar-refractivity contribution in [3.8, 4) is 0 Å². The molecule has 0 aliphatic carbocycles. The Hall–Kier alpha value is -0.620. The number of carbonyl (C=O) groups excluding carboxylic acids is 1. The predicted molar refractivity (Wildman–Crippen MR) is 67.3 cm³/mol. The number of amides is 1. The van der Waals surface area contributed by atoms with E-state index in [2.05, 4.69) is 0 Å². The first kappa shape index (κ1) is 14.4. The number of nitrogens with zero attached hydrogens (tertiary/aromatic N) is 1. The van der Waals surface area contributed by atoms with Gasteiger partial charge in [0.05, 0.1) is 0 Å². The van der Waals surface area contributed by atoms with Gasteiger partial charge in [-0.05, 0) is 39.2 Å². The summed E-state index contributed by atoms with van der Waals surface area (Å²) in [5, 5.41) is -0.944. The zero-order valence-electron chi connectivity index (χ0n) is 10.6. The molecule has 1 saturated heterocycles. The lowest BCUT2D eigenvalue weighted by molar-refractivity contribution is -0.134. The summed E-state index contributed by atoms with van der Waals surface area (Å²) in [5.74, 6) is -0.273. The minimum Gasteiger partial charge on any atom is -0.339 e. The maximum absolute atomic E-state index is 12.1. The molecule has 0 aromatic rings. The van der Waals surface area contributed by atoms with Gasteiger partial charge in [0.1, 0.15) is 5.25 Å². The average Bonchev–Trinajstić information content (AvgIpc) is 2.27. The van der Waals surface area contributed by atoms with Crippen LogP contribution in [0.15, 0.2) is 0 Å². The summed E-state index contributed by atoms with van der Waals surface area (Å²) in [6.07, 6.45) is 4.82. The fourth-order valence-corrected chi connectivity index (χ4v) is 2.70. The molecule has 2 atom stereocenters. The lowest BCUT2D eigenvalue weighted by Gasteiger charge is -2.37. The SMILES string of the molecule is CC(C(=O)N1CCCCC1CCN)S(C)(=O)=O. The fraction of sp³-hybridized carbons (Fsp3) is 0.909. The normalized spacial score (nSPS) is 23.5. The van der Waals surface area contributed by atoms with E-state index in [0.717, 1.165) is 31.9 Å². The molecule has 2 N–H and O–H groups in total. The van der Waals surface area contributed by atoms with Gasteiger partial charge in [-0.15, -0.1) is 0 Å². The van der Waals surface area contributed by atoms with E-state index in [9.17, 15) is 13.2 Å². The van der Waals surface area contributed by atoms with E-state index < -0.39 is 15.1 Å². The van der Waals surface area contributed by atoms with Crippen LogP contribution >= 0.6 is 0 Å². The van der Waals surface area contributed by atoms with E-state index in [4.69, 9.17) is 5.73 Å². The zero-order valence-corrected chi connectivity index (χ0v) is 11.4. The molecule has 1 rings (SSSR count). The van der Waals surface area contributed by atoms with Crippen LogP contribution in [0.1, 0.15) is 32.6 Å². The third-order valence-electron chi connectivity index (χ3n) is 3.40. The minimum atomic E-state index is -3.31. The lowest BCUT2D eigenvalue weighted by atomic mass is 9.99. The van der Waals surface area contributed by atoms with Crippen molar-refractivity contribution in [1.82, 2.24) is 4.90 Å². The number of hydrogen-bond acceptors (Lipinski definition) is 4. The van der Waals surface area contributed by atoms with Crippen molar-refractivity contribution >= 4 is 15.7 Å². The molecule has 17 heavy (non-hydrogen) atoms. The Balaban J connectivity index is 2.78. The number of nitrogens with two attached hydrogens (primary N) is 1. The molecule has 0 saturated carbocycles. The first-order chi connectivity index (χ1) is 7.88. The Morgan fingerprint density at radius 3 is 2.65 bits per heavy atom. The van der Waals surface area contributed by atoms with Gasteiger partial charge in [-0.25, -0.2) is 8.42 Å². The van der Waals surface area contributed by atoms with Gasteiger partial charge in [-0.2, -0.15) is 0 Å². The van der Waals surface area contributed by atoms with Crippen LogP contribution in [-0.4, -0.2) is 49.9 Å². The van der Waals surface area contributed by atoms with Crippen LogP contribution in [0, 0.1) is 0 Å². The second-order valence-electron chi connectivity index (χ2n) is 4.73. The molecule has 6 heteroatoms. The molecule has 0 spiro atoms. The molecule has 1 amide bonds. The van der Waals surface area contributed by atoms with E-state index >= 15 is 0 Å². The van der Waals surface area contributed by atoms with Gasteiger partial charge in [0.2, 0.25) is 5.91 Å². The van der Waals surface area contributed by atoms with Crippen LogP contribution < -0.4 is 5.73 Å². The quantitative estimate of drug-likeness (QED) is 0.782. The third-order valence-corrected chi connectivity index (χ3v) is 4.89. The summed E-state index contributed by atoms with van der Waals surface area (Å²) in [4.78, 5) is 13.8. The largest absolute Gasteiger partial charge is 0.339 e. The molecule has 0 aromatic carbocycles. The van der Waals surface area contributed by atoms with Gasteiger partial charge >= 0.3 is 0 Å². The highest BCUT2D eigenvalue weighted by Crippen LogP contribution is 2.21. The van der Waals surface area contributed by atoms with E-state index in [0.29, 0.717) is 13.1 Å². The topological polar surface area (TPSA) is 80.5 Å². The highest BCUT2D eigenvalue weighted by atomic mass is 32.2. The Kier molecular flexibility index (Phi) is 4.94. The van der Waals surface area contributed by atoms with Crippen molar-refractivity contribution in [2.45, 2.75) is 43.9 Å². The van der Waals surface area contributed by atoms with Crippen LogP contribution in [-0.2, 0) is 14.6 Å². The van der Waals surface area contributed by atoms with Crippen molar-refractivity contribution in [2.24, 2.45) is 5.73 Å². The number of carbonyl (C=O) groups is 1. The zero-order chi connectivity index (χ0) is 13.1. The third kappa shape index (κ3) is 3.67. The van der Waals surface area contributed by atoms with E-state index in [-0.39, 0.29) is 11.9 Å². The van der Waals surface area contributed by atoms with Crippen molar-refractivity contribution in [3.05, 3.63) is 0 Å². The molecule has 1 aliphatic heterocycles. The van der Waals surface area contributed by atoms with Gasteiger partial charge < -0.3 is 10.6 Å². The van der Waals surface area contributed by atoms with E-state index in [1.165, 1.54) is 6.92 Å². The standard InChI is InChI=1S/C11H22N2O3S/c1-9(17(2,15)16)11(14)13-8-4-3-5-10(13)6-7-12/h9-10H,3-8,12H2,1-2H3. The number of sulfone groups is 1.